The Morgan fingerprint density at radius 2 is 1.71 bits per heavy atom. The maximum Gasteiger partial charge on any atom is 0.187 e. The summed E-state index contributed by atoms with van der Waals surface area (Å²) in [5, 5.41) is 9.10. The minimum absolute atomic E-state index is 0.153. The van der Waals surface area contributed by atoms with Gasteiger partial charge in [0.25, 0.3) is 0 Å². The molecule has 0 heterocycles. The Morgan fingerprint density at radius 1 is 1.10 bits per heavy atom. The zero-order valence-electron chi connectivity index (χ0n) is 10.4. The lowest BCUT2D eigenvalue weighted by Crippen LogP contribution is -2.13. The Labute approximate surface area is 127 Å². The summed E-state index contributed by atoms with van der Waals surface area (Å²) in [5.41, 5.74) is -0.472. The van der Waals surface area contributed by atoms with E-state index in [-0.39, 0.29) is 11.1 Å². The van der Waals surface area contributed by atoms with E-state index < -0.39 is 29.2 Å². The number of halogens is 4. The van der Waals surface area contributed by atoms with E-state index in [2.05, 4.69) is 15.9 Å². The first-order chi connectivity index (χ1) is 9.92. The van der Waals surface area contributed by atoms with E-state index in [4.69, 9.17) is 5.26 Å². The zero-order chi connectivity index (χ0) is 15.6. The normalized spacial score (nSPS) is 11.8. The van der Waals surface area contributed by atoms with Gasteiger partial charge in [-0.2, -0.15) is 5.26 Å². The van der Waals surface area contributed by atoms with Crippen molar-refractivity contribution in [2.75, 3.05) is 0 Å². The molecule has 0 saturated carbocycles. The number of nitrogens with zero attached hydrogens (tertiary/aromatic N) is 1. The van der Waals surface area contributed by atoms with Gasteiger partial charge in [0.1, 0.15) is 23.4 Å². The highest BCUT2D eigenvalue weighted by atomic mass is 79.9. The van der Waals surface area contributed by atoms with Gasteiger partial charge in [-0.15, -0.1) is 0 Å². The van der Waals surface area contributed by atoms with Crippen LogP contribution in [0.1, 0.15) is 21.8 Å². The molecule has 0 aliphatic heterocycles. The number of nitriles is 1. The van der Waals surface area contributed by atoms with Crippen molar-refractivity contribution in [1.29, 1.82) is 5.26 Å². The molecule has 0 N–H and O–H groups in total. The highest BCUT2D eigenvalue weighted by Crippen LogP contribution is 2.25. The molecule has 1 atom stereocenters. The molecular formula is C15H7BrF3NO. The van der Waals surface area contributed by atoms with Gasteiger partial charge in [0, 0.05) is 10.5 Å². The SMILES string of the molecule is N#CC(C(=O)c1cc(Br)ccc1F)c1cc(F)cc(F)c1. The molecule has 0 fully saturated rings. The fourth-order valence-electron chi connectivity index (χ4n) is 1.87. The first kappa shape index (κ1) is 15.3. The number of ketones is 1. The van der Waals surface area contributed by atoms with Crippen molar-refractivity contribution in [3.63, 3.8) is 0 Å². The van der Waals surface area contributed by atoms with Crippen molar-refractivity contribution >= 4 is 21.7 Å². The van der Waals surface area contributed by atoms with Crippen LogP contribution in [0.15, 0.2) is 40.9 Å². The quantitative estimate of drug-likeness (QED) is 0.769. The van der Waals surface area contributed by atoms with E-state index in [1.807, 2.05) is 0 Å². The highest BCUT2D eigenvalue weighted by molar-refractivity contribution is 9.10. The van der Waals surface area contributed by atoms with Crippen LogP contribution in [0, 0.1) is 28.8 Å². The maximum absolute atomic E-state index is 13.7. The zero-order valence-corrected chi connectivity index (χ0v) is 12.0. The number of Topliss-reactive ketones (excluding diaryl/α,β-unsaturated/α-hetero) is 1. The fraction of sp³-hybridized carbons (Fsp3) is 0.0667. The van der Waals surface area contributed by atoms with Gasteiger partial charge in [-0.25, -0.2) is 13.2 Å². The number of carbonyl (C=O) groups excluding carboxylic acids is 1. The molecule has 2 aromatic carbocycles. The lowest BCUT2D eigenvalue weighted by atomic mass is 9.91. The Hall–Kier alpha value is -2.13. The minimum Gasteiger partial charge on any atom is -0.292 e. The molecule has 0 spiro atoms. The Bertz CT molecular complexity index is 735. The molecule has 0 aliphatic rings. The maximum atomic E-state index is 13.7. The van der Waals surface area contributed by atoms with Crippen LogP contribution in [0.25, 0.3) is 0 Å². The average molecular weight is 354 g/mol. The van der Waals surface area contributed by atoms with Crippen LogP contribution in [0.5, 0.6) is 0 Å². The van der Waals surface area contributed by atoms with Gasteiger partial charge in [0.15, 0.2) is 5.78 Å². The summed E-state index contributed by atoms with van der Waals surface area (Å²) < 4.78 is 40.5. The van der Waals surface area contributed by atoms with Crippen LogP contribution >= 0.6 is 15.9 Å². The number of rotatable bonds is 3. The number of carbonyl (C=O) groups is 1. The summed E-state index contributed by atoms with van der Waals surface area (Å²) in [6, 6.07) is 7.72. The van der Waals surface area contributed by atoms with Gasteiger partial charge in [0.2, 0.25) is 0 Å². The van der Waals surface area contributed by atoms with Crippen molar-refractivity contribution < 1.29 is 18.0 Å². The topological polar surface area (TPSA) is 40.9 Å². The first-order valence-corrected chi connectivity index (χ1v) is 6.56. The lowest BCUT2D eigenvalue weighted by molar-refractivity contribution is 0.0975. The molecule has 0 aromatic heterocycles. The van der Waals surface area contributed by atoms with Crippen molar-refractivity contribution in [2.45, 2.75) is 5.92 Å². The van der Waals surface area contributed by atoms with E-state index in [0.717, 1.165) is 18.2 Å². The van der Waals surface area contributed by atoms with Crippen LogP contribution in [0.4, 0.5) is 13.2 Å². The van der Waals surface area contributed by atoms with Gasteiger partial charge in [-0.05, 0) is 35.9 Å². The minimum atomic E-state index is -1.49. The van der Waals surface area contributed by atoms with Gasteiger partial charge >= 0.3 is 0 Å². The van der Waals surface area contributed by atoms with E-state index in [9.17, 15) is 18.0 Å². The molecule has 0 radical (unpaired) electrons. The number of hydrogen-bond donors (Lipinski definition) is 0. The van der Waals surface area contributed by atoms with Gasteiger partial charge in [-0.1, -0.05) is 15.9 Å². The molecule has 1 unspecified atom stereocenters. The molecule has 0 bridgehead atoms. The van der Waals surface area contributed by atoms with Crippen molar-refractivity contribution in [2.24, 2.45) is 0 Å². The molecule has 0 aliphatic carbocycles. The standard InChI is InChI=1S/C15H7BrF3NO/c16-9-1-2-14(19)12(5-9)15(21)13(7-20)8-3-10(17)6-11(18)4-8/h1-6,13H. The molecule has 6 heteroatoms. The molecular weight excluding hydrogens is 347 g/mol. The third-order valence-electron chi connectivity index (χ3n) is 2.80. The van der Waals surface area contributed by atoms with Crippen LogP contribution in [-0.4, -0.2) is 5.78 Å². The molecule has 106 valence electrons. The van der Waals surface area contributed by atoms with E-state index in [1.165, 1.54) is 12.1 Å². The Morgan fingerprint density at radius 3 is 2.29 bits per heavy atom. The van der Waals surface area contributed by atoms with Crippen molar-refractivity contribution in [3.05, 3.63) is 69.4 Å². The van der Waals surface area contributed by atoms with Crippen LogP contribution in [0.2, 0.25) is 0 Å². The molecule has 0 saturated heterocycles. The van der Waals surface area contributed by atoms with Crippen molar-refractivity contribution in [3.8, 4) is 6.07 Å². The van der Waals surface area contributed by atoms with Crippen LogP contribution < -0.4 is 0 Å². The first-order valence-electron chi connectivity index (χ1n) is 5.77. The predicted octanol–water partition coefficient (Wildman–Crippen LogP) is 4.36. The Balaban J connectivity index is 2.48. The van der Waals surface area contributed by atoms with Gasteiger partial charge in [0.05, 0.1) is 11.6 Å². The van der Waals surface area contributed by atoms with Crippen LogP contribution in [-0.2, 0) is 0 Å². The number of hydrogen-bond acceptors (Lipinski definition) is 2. The molecule has 2 aromatic rings. The average Bonchev–Trinajstić information content (AvgIpc) is 2.41. The van der Waals surface area contributed by atoms with Crippen LogP contribution in [0.3, 0.4) is 0 Å². The lowest BCUT2D eigenvalue weighted by Gasteiger charge is -2.10. The van der Waals surface area contributed by atoms with E-state index in [1.54, 1.807) is 6.07 Å². The third kappa shape index (κ3) is 3.31. The monoisotopic (exact) mass is 353 g/mol. The van der Waals surface area contributed by atoms with Crippen molar-refractivity contribution in [1.82, 2.24) is 0 Å². The fourth-order valence-corrected chi connectivity index (χ4v) is 2.23. The summed E-state index contributed by atoms with van der Waals surface area (Å²) >= 11 is 3.09. The van der Waals surface area contributed by atoms with Gasteiger partial charge in [-0.3, -0.25) is 4.79 Å². The highest BCUT2D eigenvalue weighted by Gasteiger charge is 2.25. The van der Waals surface area contributed by atoms with Gasteiger partial charge < -0.3 is 0 Å². The molecule has 2 nitrogen and oxygen atoms in total. The summed E-state index contributed by atoms with van der Waals surface area (Å²) in [7, 11) is 0. The second kappa shape index (κ2) is 6.10. The van der Waals surface area contributed by atoms with E-state index in [0.29, 0.717) is 10.5 Å². The molecule has 2 rings (SSSR count). The smallest absolute Gasteiger partial charge is 0.187 e. The second-order valence-corrected chi connectivity index (χ2v) is 5.17. The predicted molar refractivity (Wildman–Crippen MR) is 73.1 cm³/mol. The summed E-state index contributed by atoms with van der Waals surface area (Å²) in [5.74, 6) is -4.97. The largest absolute Gasteiger partial charge is 0.292 e. The Kier molecular flexibility index (Phi) is 4.43. The summed E-state index contributed by atoms with van der Waals surface area (Å²) in [4.78, 5) is 12.2. The third-order valence-corrected chi connectivity index (χ3v) is 3.30. The van der Waals surface area contributed by atoms with E-state index >= 15 is 0 Å². The summed E-state index contributed by atoms with van der Waals surface area (Å²) in [6.45, 7) is 0. The number of benzene rings is 2. The second-order valence-electron chi connectivity index (χ2n) is 4.25. The molecule has 21 heavy (non-hydrogen) atoms. The summed E-state index contributed by atoms with van der Waals surface area (Å²) in [6.07, 6.45) is 0. The molecule has 0 amide bonds.